The van der Waals surface area contributed by atoms with E-state index in [0.717, 1.165) is 18.2 Å². The van der Waals surface area contributed by atoms with Crippen LogP contribution in [0, 0.1) is 0 Å². The van der Waals surface area contributed by atoms with Gasteiger partial charge in [-0.2, -0.15) is 0 Å². The van der Waals surface area contributed by atoms with Crippen molar-refractivity contribution >= 4 is 27.5 Å². The van der Waals surface area contributed by atoms with E-state index in [4.69, 9.17) is 4.74 Å². The van der Waals surface area contributed by atoms with E-state index in [2.05, 4.69) is 5.32 Å². The molecule has 0 aliphatic carbocycles. The van der Waals surface area contributed by atoms with Crippen LogP contribution in [0.2, 0.25) is 0 Å². The highest BCUT2D eigenvalue weighted by Gasteiger charge is 2.28. The minimum Gasteiger partial charge on any atom is -0.494 e. The van der Waals surface area contributed by atoms with E-state index in [9.17, 15) is 18.0 Å². The van der Waals surface area contributed by atoms with Crippen molar-refractivity contribution in [3.8, 4) is 5.75 Å². The Bertz CT molecular complexity index is 1070. The van der Waals surface area contributed by atoms with Gasteiger partial charge in [-0.1, -0.05) is 44.2 Å². The van der Waals surface area contributed by atoms with Crippen LogP contribution in [0.3, 0.4) is 0 Å². The Labute approximate surface area is 222 Å². The lowest BCUT2D eigenvalue weighted by atomic mass is 10.1. The van der Waals surface area contributed by atoms with Crippen LogP contribution in [0.1, 0.15) is 52.0 Å². The smallest absolute Gasteiger partial charge is 0.242 e. The van der Waals surface area contributed by atoms with Crippen LogP contribution in [-0.2, 0) is 26.0 Å². The normalized spacial score (nSPS) is 12.0. The van der Waals surface area contributed by atoms with Crippen LogP contribution in [-0.4, -0.2) is 63.7 Å². The van der Waals surface area contributed by atoms with Gasteiger partial charge in [0.2, 0.25) is 21.8 Å². The zero-order chi connectivity index (χ0) is 27.3. The third-order valence-corrected chi connectivity index (χ3v) is 7.20. The molecule has 2 aromatic carbocycles. The zero-order valence-corrected chi connectivity index (χ0v) is 23.3. The van der Waals surface area contributed by atoms with Gasteiger partial charge in [0.05, 0.1) is 18.6 Å². The van der Waals surface area contributed by atoms with Crippen molar-refractivity contribution < 1.29 is 22.7 Å². The van der Waals surface area contributed by atoms with Crippen LogP contribution in [0.5, 0.6) is 5.75 Å². The van der Waals surface area contributed by atoms with E-state index in [1.54, 1.807) is 29.2 Å². The van der Waals surface area contributed by atoms with Gasteiger partial charge in [-0.05, 0) is 62.4 Å². The predicted molar refractivity (Wildman–Crippen MR) is 148 cm³/mol. The molecule has 0 aliphatic heterocycles. The number of anilines is 1. The van der Waals surface area contributed by atoms with Gasteiger partial charge in [0.15, 0.2) is 0 Å². The van der Waals surface area contributed by atoms with Crippen LogP contribution in [0.25, 0.3) is 0 Å². The molecule has 0 radical (unpaired) electrons. The first-order valence-corrected chi connectivity index (χ1v) is 14.9. The first-order valence-electron chi connectivity index (χ1n) is 13.0. The van der Waals surface area contributed by atoms with Gasteiger partial charge in [-0.3, -0.25) is 13.9 Å². The molecule has 1 atom stereocenters. The molecule has 8 nitrogen and oxygen atoms in total. The molecule has 9 heteroatoms. The fourth-order valence-corrected chi connectivity index (χ4v) is 5.11. The van der Waals surface area contributed by atoms with Gasteiger partial charge in [0.1, 0.15) is 11.8 Å². The number of benzene rings is 2. The maximum atomic E-state index is 13.4. The number of amides is 2. The van der Waals surface area contributed by atoms with E-state index < -0.39 is 16.1 Å². The second kappa shape index (κ2) is 15.2. The summed E-state index contributed by atoms with van der Waals surface area (Å²) < 4.78 is 31.8. The quantitative estimate of drug-likeness (QED) is 0.353. The Hall–Kier alpha value is -3.07. The minimum atomic E-state index is -3.55. The summed E-state index contributed by atoms with van der Waals surface area (Å²) in [6, 6.07) is 16.1. The molecule has 0 heterocycles. The zero-order valence-electron chi connectivity index (χ0n) is 22.5. The molecule has 0 spiro atoms. The van der Waals surface area contributed by atoms with Crippen LogP contribution < -0.4 is 14.4 Å². The highest BCUT2D eigenvalue weighted by Crippen LogP contribution is 2.22. The largest absolute Gasteiger partial charge is 0.494 e. The van der Waals surface area contributed by atoms with Crippen LogP contribution >= 0.6 is 0 Å². The van der Waals surface area contributed by atoms with E-state index in [1.807, 2.05) is 51.1 Å². The molecule has 2 aromatic rings. The molecule has 0 aromatic heterocycles. The maximum Gasteiger partial charge on any atom is 0.242 e. The summed E-state index contributed by atoms with van der Waals surface area (Å²) in [6.07, 6.45) is 3.56. The monoisotopic (exact) mass is 531 g/mol. The number of carbonyl (C=O) groups is 2. The van der Waals surface area contributed by atoms with Gasteiger partial charge in [0, 0.05) is 26.1 Å². The number of hydrogen-bond acceptors (Lipinski definition) is 5. The molecule has 0 saturated carbocycles. The topological polar surface area (TPSA) is 96.0 Å². The van der Waals surface area contributed by atoms with E-state index in [0.29, 0.717) is 50.4 Å². The standard InChI is InChI=1S/C28H41N3O5S/c1-5-20-29-28(33)26(6-2)30(22-19-23-12-9-8-10-13-23)27(32)14-11-21-31(37(4,34)35)24-15-17-25(18-16-24)36-7-3/h8-10,12-13,15-18,26H,5-7,11,14,19-22H2,1-4H3,(H,29,33)/t26-/m0/s1. The molecule has 37 heavy (non-hydrogen) atoms. The average Bonchev–Trinajstić information content (AvgIpc) is 2.88. The first-order chi connectivity index (χ1) is 17.7. The van der Waals surface area contributed by atoms with Crippen LogP contribution in [0.15, 0.2) is 54.6 Å². The number of sulfonamides is 1. The lowest BCUT2D eigenvalue weighted by Crippen LogP contribution is -2.50. The van der Waals surface area contributed by atoms with Gasteiger partial charge >= 0.3 is 0 Å². The van der Waals surface area contributed by atoms with Crippen molar-refractivity contribution in [3.63, 3.8) is 0 Å². The average molecular weight is 532 g/mol. The van der Waals surface area contributed by atoms with Crippen molar-refractivity contribution in [1.29, 1.82) is 0 Å². The van der Waals surface area contributed by atoms with E-state index in [-0.39, 0.29) is 24.8 Å². The number of ether oxygens (including phenoxy) is 1. The Balaban J connectivity index is 2.13. The van der Waals surface area contributed by atoms with E-state index in [1.165, 1.54) is 4.31 Å². The summed E-state index contributed by atoms with van der Waals surface area (Å²) in [5.41, 5.74) is 1.60. The number of nitrogens with zero attached hydrogens (tertiary/aromatic N) is 2. The highest BCUT2D eigenvalue weighted by atomic mass is 32.2. The number of rotatable bonds is 16. The lowest BCUT2D eigenvalue weighted by Gasteiger charge is -2.31. The molecule has 2 amide bonds. The molecule has 1 N–H and O–H groups in total. The molecule has 0 unspecified atom stereocenters. The van der Waals surface area contributed by atoms with Crippen molar-refractivity contribution in [2.24, 2.45) is 0 Å². The Morgan fingerprint density at radius 2 is 1.65 bits per heavy atom. The minimum absolute atomic E-state index is 0.134. The van der Waals surface area contributed by atoms with Gasteiger partial charge < -0.3 is 15.0 Å². The molecular weight excluding hydrogens is 490 g/mol. The Morgan fingerprint density at radius 1 is 0.973 bits per heavy atom. The molecule has 2 rings (SSSR count). The van der Waals surface area contributed by atoms with E-state index >= 15 is 0 Å². The summed E-state index contributed by atoms with van der Waals surface area (Å²) in [7, 11) is -3.55. The second-order valence-electron chi connectivity index (χ2n) is 8.90. The summed E-state index contributed by atoms with van der Waals surface area (Å²) in [5, 5.41) is 2.92. The van der Waals surface area contributed by atoms with Crippen molar-refractivity contribution in [1.82, 2.24) is 10.2 Å². The first kappa shape index (κ1) is 30.2. The fraction of sp³-hybridized carbons (Fsp3) is 0.500. The third kappa shape index (κ3) is 9.72. The summed E-state index contributed by atoms with van der Waals surface area (Å²) in [5.74, 6) is 0.350. The van der Waals surface area contributed by atoms with Crippen LogP contribution in [0.4, 0.5) is 5.69 Å². The van der Waals surface area contributed by atoms with Gasteiger partial charge in [0.25, 0.3) is 0 Å². The molecule has 0 aliphatic rings. The summed E-state index contributed by atoms with van der Waals surface area (Å²) in [6.45, 7) is 7.41. The van der Waals surface area contributed by atoms with Crippen molar-refractivity contribution in [3.05, 3.63) is 60.2 Å². The number of carbonyl (C=O) groups excluding carboxylic acids is 2. The Morgan fingerprint density at radius 3 is 2.22 bits per heavy atom. The molecule has 204 valence electrons. The SMILES string of the molecule is CCCNC(=O)[C@H](CC)N(CCc1ccccc1)C(=O)CCCN(c1ccc(OCC)cc1)S(C)(=O)=O. The molecular formula is C28H41N3O5S. The number of nitrogens with one attached hydrogen (secondary N) is 1. The predicted octanol–water partition coefficient (Wildman–Crippen LogP) is 4.01. The van der Waals surface area contributed by atoms with Gasteiger partial charge in [-0.25, -0.2) is 8.42 Å². The maximum absolute atomic E-state index is 13.4. The van der Waals surface area contributed by atoms with Crippen molar-refractivity contribution in [2.45, 2.75) is 58.9 Å². The van der Waals surface area contributed by atoms with Gasteiger partial charge in [-0.15, -0.1) is 0 Å². The third-order valence-electron chi connectivity index (χ3n) is 6.01. The molecule has 0 saturated heterocycles. The highest BCUT2D eigenvalue weighted by molar-refractivity contribution is 7.92. The number of hydrogen-bond donors (Lipinski definition) is 1. The lowest BCUT2D eigenvalue weighted by molar-refractivity contribution is -0.140. The second-order valence-corrected chi connectivity index (χ2v) is 10.8. The molecule has 0 fully saturated rings. The Kier molecular flexibility index (Phi) is 12.4. The summed E-state index contributed by atoms with van der Waals surface area (Å²) in [4.78, 5) is 27.9. The van der Waals surface area contributed by atoms with Crippen molar-refractivity contribution in [2.75, 3.05) is 36.8 Å². The summed E-state index contributed by atoms with van der Waals surface area (Å²) >= 11 is 0. The fourth-order valence-electron chi connectivity index (χ4n) is 4.14. The molecule has 0 bridgehead atoms.